The molecule has 0 aliphatic heterocycles. The molecule has 0 saturated heterocycles. The van der Waals surface area contributed by atoms with Crippen LogP contribution in [0.2, 0.25) is 5.02 Å². The second kappa shape index (κ2) is 8.71. The third kappa shape index (κ3) is 5.44. The number of aryl methyl sites for hydroxylation is 1. The van der Waals surface area contributed by atoms with Crippen molar-refractivity contribution in [1.29, 1.82) is 0 Å². The van der Waals surface area contributed by atoms with Gasteiger partial charge in [-0.2, -0.15) is 0 Å². The average Bonchev–Trinajstić information content (AvgIpc) is 2.65. The lowest BCUT2D eigenvalue weighted by Crippen LogP contribution is -2.14. The summed E-state index contributed by atoms with van der Waals surface area (Å²) in [5, 5.41) is 6.82. The van der Waals surface area contributed by atoms with E-state index in [0.29, 0.717) is 17.3 Å². The van der Waals surface area contributed by atoms with Crippen molar-refractivity contribution in [2.45, 2.75) is 13.3 Å². The molecule has 2 N–H and O–H groups in total. The van der Waals surface area contributed by atoms with Crippen LogP contribution in [0.4, 0.5) is 23.0 Å². The molecule has 0 aliphatic carbocycles. The monoisotopic (exact) mass is 395 g/mol. The average molecular weight is 396 g/mol. The van der Waals surface area contributed by atoms with Gasteiger partial charge in [-0.05, 0) is 48.9 Å². The number of amides is 1. The first-order chi connectivity index (χ1) is 13.4. The summed E-state index contributed by atoms with van der Waals surface area (Å²) < 4.78 is 0. The Kier molecular flexibility index (Phi) is 6.11. The van der Waals surface area contributed by atoms with E-state index in [1.165, 1.54) is 0 Å². The molecule has 3 aromatic rings. The van der Waals surface area contributed by atoms with Crippen molar-refractivity contribution in [3.8, 4) is 0 Å². The summed E-state index contributed by atoms with van der Waals surface area (Å²) in [5.74, 6) is 2.17. The van der Waals surface area contributed by atoms with E-state index in [9.17, 15) is 4.79 Å². The highest BCUT2D eigenvalue weighted by Gasteiger charge is 2.06. The summed E-state index contributed by atoms with van der Waals surface area (Å²) in [6.45, 7) is 1.86. The zero-order valence-corrected chi connectivity index (χ0v) is 16.8. The van der Waals surface area contributed by atoms with Gasteiger partial charge in [0, 0.05) is 36.6 Å². The molecular formula is C21H22ClN5O. The Morgan fingerprint density at radius 2 is 1.64 bits per heavy atom. The van der Waals surface area contributed by atoms with Crippen LogP contribution in [0.25, 0.3) is 0 Å². The van der Waals surface area contributed by atoms with Gasteiger partial charge in [-0.15, -0.1) is 0 Å². The van der Waals surface area contributed by atoms with Crippen molar-refractivity contribution >= 4 is 40.5 Å². The molecule has 0 aliphatic rings. The van der Waals surface area contributed by atoms with Crippen molar-refractivity contribution in [3.05, 3.63) is 71.0 Å². The van der Waals surface area contributed by atoms with Crippen LogP contribution < -0.4 is 15.5 Å². The number of aromatic nitrogens is 2. The van der Waals surface area contributed by atoms with Gasteiger partial charge in [-0.1, -0.05) is 23.7 Å². The van der Waals surface area contributed by atoms with Crippen LogP contribution in [0.15, 0.2) is 54.6 Å². The first-order valence-corrected chi connectivity index (χ1v) is 9.21. The first-order valence-electron chi connectivity index (χ1n) is 8.83. The maximum Gasteiger partial charge on any atom is 0.228 e. The second-order valence-corrected chi connectivity index (χ2v) is 7.04. The normalized spacial score (nSPS) is 10.4. The van der Waals surface area contributed by atoms with Crippen LogP contribution in [-0.4, -0.2) is 30.0 Å². The van der Waals surface area contributed by atoms with Crippen molar-refractivity contribution < 1.29 is 4.79 Å². The molecular weight excluding hydrogens is 374 g/mol. The summed E-state index contributed by atoms with van der Waals surface area (Å²) >= 11 is 5.87. The minimum absolute atomic E-state index is 0.0786. The lowest BCUT2D eigenvalue weighted by atomic mass is 10.1. The van der Waals surface area contributed by atoms with E-state index in [1.54, 1.807) is 12.1 Å². The molecule has 7 heteroatoms. The Balaban J connectivity index is 1.62. The number of nitrogens with one attached hydrogen (secondary N) is 2. The summed E-state index contributed by atoms with van der Waals surface area (Å²) in [5.41, 5.74) is 2.52. The third-order valence-electron chi connectivity index (χ3n) is 4.00. The molecule has 3 rings (SSSR count). The number of rotatable bonds is 6. The van der Waals surface area contributed by atoms with Gasteiger partial charge < -0.3 is 15.5 Å². The number of halogens is 1. The number of carbonyl (C=O) groups is 1. The number of nitrogens with zero attached hydrogens (tertiary/aromatic N) is 3. The van der Waals surface area contributed by atoms with Crippen LogP contribution in [0.5, 0.6) is 0 Å². The van der Waals surface area contributed by atoms with Gasteiger partial charge in [-0.3, -0.25) is 4.79 Å². The SMILES string of the molecule is Cc1nc(Nc2ccc(NC(=O)Cc3ccc(Cl)cc3)cc2)cc(N(C)C)n1. The van der Waals surface area contributed by atoms with E-state index in [4.69, 9.17) is 11.6 Å². The maximum absolute atomic E-state index is 12.2. The number of carbonyl (C=O) groups excluding carboxylic acids is 1. The molecule has 0 saturated carbocycles. The van der Waals surface area contributed by atoms with Gasteiger partial charge in [0.25, 0.3) is 0 Å². The molecule has 0 spiro atoms. The zero-order valence-electron chi connectivity index (χ0n) is 16.0. The van der Waals surface area contributed by atoms with E-state index < -0.39 is 0 Å². The Morgan fingerprint density at radius 3 is 2.29 bits per heavy atom. The van der Waals surface area contributed by atoms with Gasteiger partial charge >= 0.3 is 0 Å². The Bertz CT molecular complexity index is 956. The fourth-order valence-electron chi connectivity index (χ4n) is 2.62. The van der Waals surface area contributed by atoms with Crippen LogP contribution in [0, 0.1) is 6.92 Å². The molecule has 2 aromatic carbocycles. The standard InChI is InChI=1S/C21H22ClN5O/c1-14-23-19(13-20(24-14)27(2)3)25-17-8-10-18(11-9-17)26-21(28)12-15-4-6-16(22)7-5-15/h4-11,13H,12H2,1-3H3,(H,26,28)(H,23,24,25). The lowest BCUT2D eigenvalue weighted by Gasteiger charge is -2.14. The number of benzene rings is 2. The number of anilines is 4. The van der Waals surface area contributed by atoms with Crippen molar-refractivity contribution in [3.63, 3.8) is 0 Å². The van der Waals surface area contributed by atoms with E-state index in [-0.39, 0.29) is 5.91 Å². The quantitative estimate of drug-likeness (QED) is 0.646. The summed E-state index contributed by atoms with van der Waals surface area (Å²) in [4.78, 5) is 22.9. The van der Waals surface area contributed by atoms with Crippen LogP contribution in [-0.2, 0) is 11.2 Å². The summed E-state index contributed by atoms with van der Waals surface area (Å²) in [6.07, 6.45) is 0.296. The molecule has 0 unspecified atom stereocenters. The molecule has 0 atom stereocenters. The van der Waals surface area contributed by atoms with Crippen LogP contribution in [0.1, 0.15) is 11.4 Å². The predicted molar refractivity (Wildman–Crippen MR) is 115 cm³/mol. The number of hydrogen-bond acceptors (Lipinski definition) is 5. The van der Waals surface area contributed by atoms with Crippen molar-refractivity contribution in [2.75, 3.05) is 29.6 Å². The van der Waals surface area contributed by atoms with Crippen LogP contribution in [0.3, 0.4) is 0 Å². The van der Waals surface area contributed by atoms with Crippen molar-refractivity contribution in [2.24, 2.45) is 0 Å². The van der Waals surface area contributed by atoms with Gasteiger partial charge in [0.15, 0.2) is 0 Å². The summed E-state index contributed by atoms with van der Waals surface area (Å²) in [6, 6.07) is 16.6. The van der Waals surface area contributed by atoms with E-state index in [1.807, 2.05) is 68.4 Å². The molecule has 0 bridgehead atoms. The first kappa shape index (κ1) is 19.6. The van der Waals surface area contributed by atoms with Gasteiger partial charge in [-0.25, -0.2) is 9.97 Å². The van der Waals surface area contributed by atoms with E-state index >= 15 is 0 Å². The molecule has 0 radical (unpaired) electrons. The molecule has 1 heterocycles. The number of hydrogen-bond donors (Lipinski definition) is 2. The molecule has 1 amide bonds. The minimum Gasteiger partial charge on any atom is -0.363 e. The maximum atomic E-state index is 12.2. The van der Waals surface area contributed by atoms with Crippen molar-refractivity contribution in [1.82, 2.24) is 9.97 Å². The minimum atomic E-state index is -0.0786. The third-order valence-corrected chi connectivity index (χ3v) is 4.25. The molecule has 1 aromatic heterocycles. The van der Waals surface area contributed by atoms with Crippen LogP contribution >= 0.6 is 11.6 Å². The largest absolute Gasteiger partial charge is 0.363 e. The van der Waals surface area contributed by atoms with Gasteiger partial charge in [0.05, 0.1) is 6.42 Å². The Labute approximate surface area is 169 Å². The fraction of sp³-hybridized carbons (Fsp3) is 0.190. The van der Waals surface area contributed by atoms with E-state index in [0.717, 1.165) is 28.6 Å². The van der Waals surface area contributed by atoms with Gasteiger partial charge in [0.1, 0.15) is 17.5 Å². The topological polar surface area (TPSA) is 70.2 Å². The highest BCUT2D eigenvalue weighted by Crippen LogP contribution is 2.20. The molecule has 28 heavy (non-hydrogen) atoms. The second-order valence-electron chi connectivity index (χ2n) is 6.61. The highest BCUT2D eigenvalue weighted by molar-refractivity contribution is 6.30. The van der Waals surface area contributed by atoms with Gasteiger partial charge in [0.2, 0.25) is 5.91 Å². The predicted octanol–water partition coefficient (Wildman–Crippen LogP) is 4.43. The Hall–Kier alpha value is -3.12. The summed E-state index contributed by atoms with van der Waals surface area (Å²) in [7, 11) is 3.88. The smallest absolute Gasteiger partial charge is 0.228 e. The lowest BCUT2D eigenvalue weighted by molar-refractivity contribution is -0.115. The molecule has 6 nitrogen and oxygen atoms in total. The zero-order chi connectivity index (χ0) is 20.1. The molecule has 144 valence electrons. The van der Waals surface area contributed by atoms with E-state index in [2.05, 4.69) is 20.6 Å². The fourth-order valence-corrected chi connectivity index (χ4v) is 2.75. The molecule has 0 fully saturated rings. The Morgan fingerprint density at radius 1 is 1.00 bits per heavy atom. The highest BCUT2D eigenvalue weighted by atomic mass is 35.5.